The van der Waals surface area contributed by atoms with Crippen LogP contribution < -0.4 is 0 Å². The topological polar surface area (TPSA) is 58.0 Å². The van der Waals surface area contributed by atoms with Crippen LogP contribution >= 0.6 is 0 Å². The molecule has 1 aromatic carbocycles. The number of rotatable bonds is 3. The highest BCUT2D eigenvalue weighted by Gasteiger charge is 2.16. The van der Waals surface area contributed by atoms with Crippen LogP contribution in [0.15, 0.2) is 34.9 Å². The van der Waals surface area contributed by atoms with Gasteiger partial charge in [-0.2, -0.15) is 0 Å². The standard InChI is InChI=1S/C16H18N4O/c1-4-8-20(9-5-1)11-15-18-19-16(21-15)13-10-17-14-7-3-2-6-12(13)14/h2-3,6-7,10,17H,1,4-5,8-9,11H2. The Kier molecular flexibility index (Phi) is 3.20. The van der Waals surface area contributed by atoms with Crippen molar-refractivity contribution in [2.24, 2.45) is 0 Å². The lowest BCUT2D eigenvalue weighted by Gasteiger charge is -2.24. The minimum Gasteiger partial charge on any atom is -0.419 e. The van der Waals surface area contributed by atoms with Crippen LogP contribution in [0.2, 0.25) is 0 Å². The second kappa shape index (κ2) is 5.33. The zero-order valence-electron chi connectivity index (χ0n) is 11.9. The average molecular weight is 282 g/mol. The monoisotopic (exact) mass is 282 g/mol. The maximum atomic E-state index is 5.85. The van der Waals surface area contributed by atoms with Crippen molar-refractivity contribution in [1.82, 2.24) is 20.1 Å². The number of hydrogen-bond donors (Lipinski definition) is 1. The fourth-order valence-electron chi connectivity index (χ4n) is 2.98. The molecule has 0 aliphatic carbocycles. The zero-order chi connectivity index (χ0) is 14.1. The summed E-state index contributed by atoms with van der Waals surface area (Å²) in [6.45, 7) is 3.02. The smallest absolute Gasteiger partial charge is 0.249 e. The Morgan fingerprint density at radius 2 is 1.95 bits per heavy atom. The van der Waals surface area contributed by atoms with Gasteiger partial charge in [-0.05, 0) is 32.0 Å². The van der Waals surface area contributed by atoms with Crippen molar-refractivity contribution in [3.63, 3.8) is 0 Å². The Bertz CT molecular complexity index is 739. The van der Waals surface area contributed by atoms with Crippen LogP contribution in [0.1, 0.15) is 25.2 Å². The van der Waals surface area contributed by atoms with E-state index < -0.39 is 0 Å². The fraction of sp³-hybridized carbons (Fsp3) is 0.375. The molecule has 21 heavy (non-hydrogen) atoms. The molecule has 0 bridgehead atoms. The van der Waals surface area contributed by atoms with Gasteiger partial charge >= 0.3 is 0 Å². The lowest BCUT2D eigenvalue weighted by atomic mass is 10.1. The Hall–Kier alpha value is -2.14. The molecule has 2 aromatic heterocycles. The molecule has 3 heterocycles. The van der Waals surface area contributed by atoms with Crippen molar-refractivity contribution >= 4 is 10.9 Å². The molecule has 1 fully saturated rings. The van der Waals surface area contributed by atoms with E-state index in [0.29, 0.717) is 11.8 Å². The van der Waals surface area contributed by atoms with Gasteiger partial charge in [-0.1, -0.05) is 24.6 Å². The maximum absolute atomic E-state index is 5.85. The van der Waals surface area contributed by atoms with Crippen LogP contribution in [0.25, 0.3) is 22.4 Å². The normalized spacial score (nSPS) is 16.6. The van der Waals surface area contributed by atoms with Crippen LogP contribution in [0, 0.1) is 0 Å². The molecule has 0 unspecified atom stereocenters. The van der Waals surface area contributed by atoms with E-state index in [1.165, 1.54) is 19.3 Å². The summed E-state index contributed by atoms with van der Waals surface area (Å²) in [5, 5.41) is 9.53. The Morgan fingerprint density at radius 3 is 2.86 bits per heavy atom. The van der Waals surface area contributed by atoms with Crippen LogP contribution in [-0.4, -0.2) is 33.2 Å². The molecule has 108 valence electrons. The molecule has 4 rings (SSSR count). The van der Waals surface area contributed by atoms with Gasteiger partial charge in [0.1, 0.15) is 0 Å². The van der Waals surface area contributed by atoms with Crippen molar-refractivity contribution < 1.29 is 4.42 Å². The van der Waals surface area contributed by atoms with Gasteiger partial charge in [0.25, 0.3) is 0 Å². The molecule has 0 radical (unpaired) electrons. The average Bonchev–Trinajstić information content (AvgIpc) is 3.14. The summed E-state index contributed by atoms with van der Waals surface area (Å²) in [5.74, 6) is 1.30. The third-order valence-electron chi connectivity index (χ3n) is 4.09. The first-order valence-electron chi connectivity index (χ1n) is 7.51. The SMILES string of the molecule is c1ccc2c(-c3nnc(CN4CCCCC4)o3)c[nH]c2c1. The molecular formula is C16H18N4O. The van der Waals surface area contributed by atoms with Gasteiger partial charge in [0.2, 0.25) is 11.8 Å². The van der Waals surface area contributed by atoms with E-state index in [2.05, 4.69) is 26.1 Å². The molecule has 5 nitrogen and oxygen atoms in total. The van der Waals surface area contributed by atoms with Crippen molar-refractivity contribution in [3.05, 3.63) is 36.4 Å². The predicted molar refractivity (Wildman–Crippen MR) is 80.7 cm³/mol. The van der Waals surface area contributed by atoms with Crippen molar-refractivity contribution in [1.29, 1.82) is 0 Å². The number of fused-ring (bicyclic) bond motifs is 1. The van der Waals surface area contributed by atoms with Gasteiger partial charge in [-0.15, -0.1) is 10.2 Å². The highest BCUT2D eigenvalue weighted by molar-refractivity contribution is 5.93. The molecule has 5 heteroatoms. The van der Waals surface area contributed by atoms with E-state index in [1.54, 1.807) is 0 Å². The van der Waals surface area contributed by atoms with E-state index in [1.807, 2.05) is 24.4 Å². The van der Waals surface area contributed by atoms with Crippen LogP contribution in [0.3, 0.4) is 0 Å². The number of aromatic nitrogens is 3. The first kappa shape index (κ1) is 12.6. The zero-order valence-corrected chi connectivity index (χ0v) is 11.9. The second-order valence-electron chi connectivity index (χ2n) is 5.59. The van der Waals surface area contributed by atoms with Crippen LogP contribution in [-0.2, 0) is 6.54 Å². The van der Waals surface area contributed by atoms with Crippen LogP contribution in [0.4, 0.5) is 0 Å². The summed E-state index contributed by atoms with van der Waals surface area (Å²) in [5.41, 5.74) is 2.06. The van der Waals surface area contributed by atoms with Crippen molar-refractivity contribution in [3.8, 4) is 11.5 Å². The third-order valence-corrected chi connectivity index (χ3v) is 4.09. The second-order valence-corrected chi connectivity index (χ2v) is 5.59. The molecule has 1 aliphatic heterocycles. The van der Waals surface area contributed by atoms with E-state index in [9.17, 15) is 0 Å². The molecule has 1 saturated heterocycles. The van der Waals surface area contributed by atoms with Crippen LogP contribution in [0.5, 0.6) is 0 Å². The molecule has 3 aromatic rings. The van der Waals surface area contributed by atoms with E-state index >= 15 is 0 Å². The molecule has 0 atom stereocenters. The summed E-state index contributed by atoms with van der Waals surface area (Å²) in [4.78, 5) is 5.62. The summed E-state index contributed by atoms with van der Waals surface area (Å²) in [7, 11) is 0. The number of nitrogens with one attached hydrogen (secondary N) is 1. The first-order chi connectivity index (χ1) is 10.4. The predicted octanol–water partition coefficient (Wildman–Crippen LogP) is 3.20. The highest BCUT2D eigenvalue weighted by Crippen LogP contribution is 2.27. The quantitative estimate of drug-likeness (QED) is 0.801. The number of H-pyrrole nitrogens is 1. The minimum absolute atomic E-state index is 0.597. The van der Waals surface area contributed by atoms with E-state index in [-0.39, 0.29) is 0 Å². The van der Waals surface area contributed by atoms with E-state index in [0.717, 1.165) is 36.1 Å². The molecule has 1 aliphatic rings. The Morgan fingerprint density at radius 1 is 1.10 bits per heavy atom. The van der Waals surface area contributed by atoms with Gasteiger partial charge in [0.15, 0.2) is 0 Å². The van der Waals surface area contributed by atoms with Crippen molar-refractivity contribution in [2.45, 2.75) is 25.8 Å². The summed E-state index contributed by atoms with van der Waals surface area (Å²) >= 11 is 0. The van der Waals surface area contributed by atoms with Gasteiger partial charge in [0.05, 0.1) is 12.1 Å². The summed E-state index contributed by atoms with van der Waals surface area (Å²) < 4.78 is 5.85. The van der Waals surface area contributed by atoms with Crippen molar-refractivity contribution in [2.75, 3.05) is 13.1 Å². The van der Waals surface area contributed by atoms with Gasteiger partial charge in [0, 0.05) is 17.1 Å². The number of nitrogens with zero attached hydrogens (tertiary/aromatic N) is 3. The summed E-state index contributed by atoms with van der Waals surface area (Å²) in [6.07, 6.45) is 5.80. The molecule has 0 amide bonds. The Balaban J connectivity index is 1.59. The highest BCUT2D eigenvalue weighted by atomic mass is 16.4. The third kappa shape index (κ3) is 2.45. The maximum Gasteiger partial charge on any atom is 0.249 e. The number of hydrogen-bond acceptors (Lipinski definition) is 4. The Labute approximate surface area is 123 Å². The van der Waals surface area contributed by atoms with Gasteiger partial charge < -0.3 is 9.40 Å². The molecule has 0 spiro atoms. The number of para-hydroxylation sites is 1. The van der Waals surface area contributed by atoms with E-state index in [4.69, 9.17) is 4.42 Å². The largest absolute Gasteiger partial charge is 0.419 e. The molecule has 1 N–H and O–H groups in total. The number of benzene rings is 1. The number of piperidine rings is 1. The number of aromatic amines is 1. The molecule has 0 saturated carbocycles. The lowest BCUT2D eigenvalue weighted by molar-refractivity contribution is 0.202. The summed E-state index contributed by atoms with van der Waals surface area (Å²) in [6, 6.07) is 8.14. The first-order valence-corrected chi connectivity index (χ1v) is 7.51. The lowest BCUT2D eigenvalue weighted by Crippen LogP contribution is -2.29. The number of likely N-dealkylation sites (tertiary alicyclic amines) is 1. The van der Waals surface area contributed by atoms with Gasteiger partial charge in [-0.25, -0.2) is 0 Å². The molecular weight excluding hydrogens is 264 g/mol. The van der Waals surface area contributed by atoms with Gasteiger partial charge in [-0.3, -0.25) is 4.90 Å². The minimum atomic E-state index is 0.597. The fourth-order valence-corrected chi connectivity index (χ4v) is 2.98.